The summed E-state index contributed by atoms with van der Waals surface area (Å²) in [7, 11) is -2.54. The minimum atomic E-state index is -3.79. The largest absolute Gasteiger partial charge is 0.465 e. The number of benzene rings is 2. The zero-order chi connectivity index (χ0) is 27.6. The highest BCUT2D eigenvalue weighted by Crippen LogP contribution is 2.36. The van der Waals surface area contributed by atoms with Crippen LogP contribution in [0.25, 0.3) is 6.08 Å². The third kappa shape index (κ3) is 5.60. The SMILES string of the molecule is COC(=O)C1=C(C)N(c2ccc(C(C)C)cc2)C(=O)/C1=C/c1ccc(CNS(=O)(=O)c2ccc(Cl)cc2)o1. The van der Waals surface area contributed by atoms with Gasteiger partial charge in [0.2, 0.25) is 10.0 Å². The molecule has 0 bridgehead atoms. The number of hydrogen-bond acceptors (Lipinski definition) is 6. The van der Waals surface area contributed by atoms with Gasteiger partial charge < -0.3 is 9.15 Å². The number of hydrogen-bond donors (Lipinski definition) is 1. The number of halogens is 1. The summed E-state index contributed by atoms with van der Waals surface area (Å²) in [6.45, 7) is 5.73. The number of rotatable bonds is 8. The molecule has 1 amide bonds. The molecule has 8 nitrogen and oxygen atoms in total. The van der Waals surface area contributed by atoms with E-state index < -0.39 is 21.9 Å². The lowest BCUT2D eigenvalue weighted by molar-refractivity contribution is -0.136. The minimum Gasteiger partial charge on any atom is -0.465 e. The maximum Gasteiger partial charge on any atom is 0.340 e. The number of allylic oxidation sites excluding steroid dienone is 1. The number of anilines is 1. The molecule has 1 aliphatic heterocycles. The van der Waals surface area contributed by atoms with Crippen LogP contribution in [-0.4, -0.2) is 27.4 Å². The van der Waals surface area contributed by atoms with Gasteiger partial charge in [-0.3, -0.25) is 9.69 Å². The monoisotopic (exact) mass is 554 g/mol. The molecule has 38 heavy (non-hydrogen) atoms. The van der Waals surface area contributed by atoms with E-state index in [0.29, 0.717) is 28.1 Å². The van der Waals surface area contributed by atoms with E-state index in [1.807, 2.05) is 24.3 Å². The summed E-state index contributed by atoms with van der Waals surface area (Å²) in [5.41, 5.74) is 2.43. The number of nitrogens with one attached hydrogen (secondary N) is 1. The van der Waals surface area contributed by atoms with E-state index in [9.17, 15) is 18.0 Å². The Bertz CT molecular complexity index is 1530. The first-order valence-corrected chi connectivity index (χ1v) is 13.7. The summed E-state index contributed by atoms with van der Waals surface area (Å²) in [5.74, 6) is -0.117. The molecule has 0 aliphatic carbocycles. The first-order valence-electron chi connectivity index (χ1n) is 11.8. The number of methoxy groups -OCH3 is 1. The normalized spacial score (nSPS) is 15.2. The highest BCUT2D eigenvalue weighted by Gasteiger charge is 2.38. The Labute approximate surface area is 226 Å². The Hall–Kier alpha value is -3.66. The maximum absolute atomic E-state index is 13.5. The van der Waals surface area contributed by atoms with Gasteiger partial charge in [0.1, 0.15) is 11.5 Å². The maximum atomic E-state index is 13.5. The number of carbonyl (C=O) groups is 2. The van der Waals surface area contributed by atoms with Crippen molar-refractivity contribution in [3.63, 3.8) is 0 Å². The molecule has 4 rings (SSSR count). The Balaban J connectivity index is 1.59. The van der Waals surface area contributed by atoms with Crippen LogP contribution in [0.5, 0.6) is 0 Å². The van der Waals surface area contributed by atoms with Crippen LogP contribution in [0.3, 0.4) is 0 Å². The van der Waals surface area contributed by atoms with Crippen LogP contribution in [0.15, 0.2) is 86.8 Å². The molecular formula is C28H27ClN2O6S. The van der Waals surface area contributed by atoms with Gasteiger partial charge in [0.25, 0.3) is 5.91 Å². The Kier molecular flexibility index (Phi) is 7.91. The molecule has 0 radical (unpaired) electrons. The van der Waals surface area contributed by atoms with Gasteiger partial charge in [-0.05, 0) is 73.0 Å². The summed E-state index contributed by atoms with van der Waals surface area (Å²) < 4.78 is 38.3. The Morgan fingerprint density at radius 3 is 2.34 bits per heavy atom. The van der Waals surface area contributed by atoms with Gasteiger partial charge >= 0.3 is 5.97 Å². The smallest absolute Gasteiger partial charge is 0.340 e. The first-order chi connectivity index (χ1) is 18.0. The fraction of sp³-hybridized carbons (Fsp3) is 0.214. The molecule has 0 saturated carbocycles. The van der Waals surface area contributed by atoms with Crippen LogP contribution in [0.4, 0.5) is 5.69 Å². The first kappa shape index (κ1) is 27.4. The van der Waals surface area contributed by atoms with E-state index in [-0.39, 0.29) is 28.3 Å². The summed E-state index contributed by atoms with van der Waals surface area (Å²) in [5, 5.41) is 0.427. The predicted molar refractivity (Wildman–Crippen MR) is 145 cm³/mol. The van der Waals surface area contributed by atoms with Crippen LogP contribution < -0.4 is 9.62 Å². The molecule has 0 fully saturated rings. The van der Waals surface area contributed by atoms with E-state index in [1.165, 1.54) is 42.4 Å². The molecule has 3 aromatic rings. The summed E-state index contributed by atoms with van der Waals surface area (Å²) >= 11 is 5.83. The molecule has 0 unspecified atom stereocenters. The van der Waals surface area contributed by atoms with Gasteiger partial charge in [-0.25, -0.2) is 17.9 Å². The zero-order valence-electron chi connectivity index (χ0n) is 21.3. The number of sulfonamides is 1. The second-order valence-electron chi connectivity index (χ2n) is 8.98. The van der Waals surface area contributed by atoms with Crippen molar-refractivity contribution in [3.8, 4) is 0 Å². The highest BCUT2D eigenvalue weighted by molar-refractivity contribution is 7.89. The number of nitrogens with zero attached hydrogens (tertiary/aromatic N) is 1. The van der Waals surface area contributed by atoms with E-state index in [1.54, 1.807) is 19.1 Å². The molecule has 2 aromatic carbocycles. The fourth-order valence-electron chi connectivity index (χ4n) is 4.07. The van der Waals surface area contributed by atoms with Crippen LogP contribution >= 0.6 is 11.6 Å². The molecule has 2 heterocycles. The van der Waals surface area contributed by atoms with Gasteiger partial charge in [-0.1, -0.05) is 37.6 Å². The van der Waals surface area contributed by atoms with E-state index in [0.717, 1.165) is 5.56 Å². The van der Waals surface area contributed by atoms with E-state index in [4.69, 9.17) is 20.8 Å². The zero-order valence-corrected chi connectivity index (χ0v) is 22.9. The number of carbonyl (C=O) groups excluding carboxylic acids is 2. The van der Waals surface area contributed by atoms with Crippen molar-refractivity contribution in [1.82, 2.24) is 4.72 Å². The summed E-state index contributed by atoms with van der Waals surface area (Å²) in [6.07, 6.45) is 1.46. The summed E-state index contributed by atoms with van der Waals surface area (Å²) in [6, 6.07) is 16.5. The lowest BCUT2D eigenvalue weighted by Gasteiger charge is -2.18. The molecular weight excluding hydrogens is 528 g/mol. The third-order valence-corrected chi connectivity index (χ3v) is 7.81. The molecule has 1 aromatic heterocycles. The Morgan fingerprint density at radius 1 is 1.08 bits per heavy atom. The molecule has 198 valence electrons. The van der Waals surface area contributed by atoms with Crippen molar-refractivity contribution in [1.29, 1.82) is 0 Å². The lowest BCUT2D eigenvalue weighted by Crippen LogP contribution is -2.24. The topological polar surface area (TPSA) is 106 Å². The quantitative estimate of drug-likeness (QED) is 0.295. The fourth-order valence-corrected chi connectivity index (χ4v) is 5.19. The Morgan fingerprint density at radius 2 is 1.74 bits per heavy atom. The average molecular weight is 555 g/mol. The second-order valence-corrected chi connectivity index (χ2v) is 11.2. The third-order valence-electron chi connectivity index (χ3n) is 6.14. The van der Waals surface area contributed by atoms with Gasteiger partial charge in [0.05, 0.1) is 29.7 Å². The number of amides is 1. The highest BCUT2D eigenvalue weighted by atomic mass is 35.5. The average Bonchev–Trinajstić information content (AvgIpc) is 3.44. The van der Waals surface area contributed by atoms with E-state index >= 15 is 0 Å². The van der Waals surface area contributed by atoms with Crippen LogP contribution in [0, 0.1) is 0 Å². The van der Waals surface area contributed by atoms with Gasteiger partial charge in [-0.2, -0.15) is 0 Å². The van der Waals surface area contributed by atoms with Crippen molar-refractivity contribution in [2.45, 2.75) is 38.1 Å². The van der Waals surface area contributed by atoms with Crippen molar-refractivity contribution in [3.05, 3.63) is 99.6 Å². The molecule has 0 saturated heterocycles. The second kappa shape index (κ2) is 11.0. The number of furan rings is 1. The predicted octanol–water partition coefficient (Wildman–Crippen LogP) is 5.41. The van der Waals surface area contributed by atoms with Crippen molar-refractivity contribution >= 4 is 45.3 Å². The molecule has 10 heteroatoms. The minimum absolute atomic E-state index is 0.0669. The number of esters is 1. The number of ether oxygens (including phenoxy) is 1. The lowest BCUT2D eigenvalue weighted by atomic mass is 10.0. The van der Waals surface area contributed by atoms with Crippen LogP contribution in [-0.2, 0) is 30.9 Å². The van der Waals surface area contributed by atoms with Gasteiger partial charge in [-0.15, -0.1) is 0 Å². The van der Waals surface area contributed by atoms with Gasteiger partial charge in [0.15, 0.2) is 0 Å². The van der Waals surface area contributed by atoms with Crippen molar-refractivity contribution < 1.29 is 27.2 Å². The van der Waals surface area contributed by atoms with Crippen LogP contribution in [0.1, 0.15) is 43.8 Å². The summed E-state index contributed by atoms with van der Waals surface area (Å²) in [4.78, 5) is 27.7. The molecule has 0 spiro atoms. The molecule has 1 N–H and O–H groups in total. The van der Waals surface area contributed by atoms with Gasteiger partial charge in [0, 0.05) is 16.4 Å². The molecule has 1 aliphatic rings. The van der Waals surface area contributed by atoms with E-state index in [2.05, 4.69) is 18.6 Å². The van der Waals surface area contributed by atoms with Crippen LogP contribution in [0.2, 0.25) is 5.02 Å². The van der Waals surface area contributed by atoms with Crippen molar-refractivity contribution in [2.75, 3.05) is 12.0 Å². The van der Waals surface area contributed by atoms with Crippen molar-refractivity contribution in [2.24, 2.45) is 0 Å². The molecule has 0 atom stereocenters. The standard InChI is InChI=1S/C28H27ClN2O6S/c1-17(2)19-5-9-21(10-6-19)31-18(3)26(28(33)36-4)25(27(31)32)15-22-11-12-23(37-22)16-30-38(34,35)24-13-7-20(29)8-14-24/h5-15,17,30H,16H2,1-4H3/b25-15+.